The largest absolute Gasteiger partial charge is 0.497 e. The lowest BCUT2D eigenvalue weighted by Crippen LogP contribution is -2.27. The van der Waals surface area contributed by atoms with Gasteiger partial charge in [-0.05, 0) is 66.9 Å². The Kier molecular flexibility index (Phi) is 8.99. The Labute approximate surface area is 187 Å². The fourth-order valence-corrected chi connectivity index (χ4v) is 3.94. The number of likely N-dealkylation sites (N-methyl/N-ethyl adjacent to an activating group) is 1. The maximum Gasteiger partial charge on any atom is 0.119 e. The van der Waals surface area contributed by atoms with E-state index < -0.39 is 0 Å². The molecule has 0 heterocycles. The zero-order chi connectivity index (χ0) is 21.9. The van der Waals surface area contributed by atoms with Gasteiger partial charge >= 0.3 is 0 Å². The smallest absolute Gasteiger partial charge is 0.119 e. The van der Waals surface area contributed by atoms with Crippen molar-refractivity contribution in [3.05, 3.63) is 95.6 Å². The Hall–Kier alpha value is -2.78. The summed E-state index contributed by atoms with van der Waals surface area (Å²) in [5.41, 5.74) is 4.01. The predicted molar refractivity (Wildman–Crippen MR) is 129 cm³/mol. The molecule has 0 aliphatic rings. The molecule has 0 aliphatic heterocycles. The first-order chi connectivity index (χ1) is 15.2. The van der Waals surface area contributed by atoms with E-state index in [1.165, 1.54) is 16.7 Å². The monoisotopic (exact) mass is 417 g/mol. The molecule has 164 valence electrons. The molecule has 3 aromatic carbocycles. The number of hydrogen-bond acceptors (Lipinski definition) is 3. The van der Waals surface area contributed by atoms with Crippen molar-refractivity contribution in [1.29, 1.82) is 0 Å². The molecule has 3 heteroatoms. The molecule has 1 unspecified atom stereocenters. The van der Waals surface area contributed by atoms with Gasteiger partial charge in [0.25, 0.3) is 0 Å². The Morgan fingerprint density at radius 3 is 1.97 bits per heavy atom. The summed E-state index contributed by atoms with van der Waals surface area (Å²) in [6, 6.07) is 27.9. The molecule has 3 nitrogen and oxygen atoms in total. The van der Waals surface area contributed by atoms with Gasteiger partial charge in [-0.25, -0.2) is 0 Å². The molecule has 0 amide bonds. The van der Waals surface area contributed by atoms with Crippen LogP contribution in [0.2, 0.25) is 0 Å². The van der Waals surface area contributed by atoms with Crippen LogP contribution in [0.15, 0.2) is 78.9 Å². The summed E-state index contributed by atoms with van der Waals surface area (Å²) in [7, 11) is 1.71. The molecular formula is C28H35NO2. The van der Waals surface area contributed by atoms with Crippen LogP contribution in [0, 0.1) is 0 Å². The number of rotatable bonds is 12. The summed E-state index contributed by atoms with van der Waals surface area (Å²) in [6.45, 7) is 8.18. The van der Waals surface area contributed by atoms with E-state index in [1.54, 1.807) is 7.11 Å². The zero-order valence-corrected chi connectivity index (χ0v) is 19.1. The van der Waals surface area contributed by atoms with E-state index in [0.29, 0.717) is 5.92 Å². The number of aryl methyl sites for hydroxylation is 1. The van der Waals surface area contributed by atoms with Gasteiger partial charge in [0.1, 0.15) is 18.1 Å². The molecular weight excluding hydrogens is 382 g/mol. The van der Waals surface area contributed by atoms with E-state index in [4.69, 9.17) is 9.47 Å². The Balaban J connectivity index is 1.67. The molecule has 0 N–H and O–H groups in total. The summed E-state index contributed by atoms with van der Waals surface area (Å²) in [6.07, 6.45) is 2.07. The average Bonchev–Trinajstić information content (AvgIpc) is 2.84. The normalized spacial score (nSPS) is 12.0. The van der Waals surface area contributed by atoms with Crippen LogP contribution in [0.1, 0.15) is 42.9 Å². The quantitative estimate of drug-likeness (QED) is 0.351. The maximum atomic E-state index is 5.98. The maximum absolute atomic E-state index is 5.98. The average molecular weight is 418 g/mol. The molecule has 0 saturated carbocycles. The minimum Gasteiger partial charge on any atom is -0.497 e. The predicted octanol–water partition coefficient (Wildman–Crippen LogP) is 6.18. The van der Waals surface area contributed by atoms with E-state index in [0.717, 1.165) is 50.6 Å². The summed E-state index contributed by atoms with van der Waals surface area (Å²) >= 11 is 0. The van der Waals surface area contributed by atoms with Crippen LogP contribution in [-0.2, 0) is 6.42 Å². The topological polar surface area (TPSA) is 21.7 Å². The number of benzene rings is 3. The van der Waals surface area contributed by atoms with Crippen molar-refractivity contribution in [2.45, 2.75) is 32.6 Å². The van der Waals surface area contributed by atoms with Crippen molar-refractivity contribution >= 4 is 0 Å². The van der Waals surface area contributed by atoms with Crippen molar-refractivity contribution < 1.29 is 9.47 Å². The lowest BCUT2D eigenvalue weighted by Gasteiger charge is -2.20. The number of hydrogen-bond donors (Lipinski definition) is 0. The van der Waals surface area contributed by atoms with Gasteiger partial charge in [0.15, 0.2) is 0 Å². The van der Waals surface area contributed by atoms with Crippen LogP contribution in [0.5, 0.6) is 11.5 Å². The fraction of sp³-hybridized carbons (Fsp3) is 0.357. The number of nitrogens with zero attached hydrogens (tertiary/aromatic N) is 1. The van der Waals surface area contributed by atoms with Crippen molar-refractivity contribution in [2.75, 3.05) is 33.4 Å². The second-order valence-electron chi connectivity index (χ2n) is 7.79. The summed E-state index contributed by atoms with van der Waals surface area (Å²) in [5.74, 6) is 2.20. The second-order valence-corrected chi connectivity index (χ2v) is 7.79. The lowest BCUT2D eigenvalue weighted by molar-refractivity contribution is 0.223. The fourth-order valence-electron chi connectivity index (χ4n) is 3.94. The molecule has 31 heavy (non-hydrogen) atoms. The van der Waals surface area contributed by atoms with Gasteiger partial charge < -0.3 is 14.4 Å². The van der Waals surface area contributed by atoms with Crippen LogP contribution in [-0.4, -0.2) is 38.3 Å². The first kappa shape index (κ1) is 22.9. The molecule has 3 aromatic rings. The first-order valence-corrected chi connectivity index (χ1v) is 11.4. The highest BCUT2D eigenvalue weighted by Crippen LogP contribution is 2.31. The minimum absolute atomic E-state index is 0.355. The van der Waals surface area contributed by atoms with Crippen LogP contribution < -0.4 is 9.47 Å². The molecule has 0 radical (unpaired) electrons. The number of methoxy groups -OCH3 is 1. The van der Waals surface area contributed by atoms with Crippen molar-refractivity contribution in [2.24, 2.45) is 0 Å². The van der Waals surface area contributed by atoms with Gasteiger partial charge in [-0.2, -0.15) is 0 Å². The van der Waals surface area contributed by atoms with Gasteiger partial charge in [0.05, 0.1) is 7.11 Å². The lowest BCUT2D eigenvalue weighted by atomic mass is 9.86. The highest BCUT2D eigenvalue weighted by molar-refractivity contribution is 5.36. The standard InChI is InChI=1S/C28H35NO2/c1-4-29(5-2)21-22-31-27-18-14-25(15-19-27)28(24-9-7-6-8-10-24)20-13-23-11-16-26(30-3)17-12-23/h6-12,14-19,28H,4-5,13,20-22H2,1-3H3. The Bertz CT molecular complexity index is 871. The van der Waals surface area contributed by atoms with Crippen LogP contribution in [0.4, 0.5) is 0 Å². The van der Waals surface area contributed by atoms with Crippen molar-refractivity contribution in [3.63, 3.8) is 0 Å². The molecule has 0 aromatic heterocycles. The van der Waals surface area contributed by atoms with Gasteiger partial charge in [-0.1, -0.05) is 68.4 Å². The molecule has 0 aliphatic carbocycles. The first-order valence-electron chi connectivity index (χ1n) is 11.4. The third-order valence-corrected chi connectivity index (χ3v) is 5.94. The van der Waals surface area contributed by atoms with E-state index in [2.05, 4.69) is 85.5 Å². The van der Waals surface area contributed by atoms with E-state index in [9.17, 15) is 0 Å². The summed E-state index contributed by atoms with van der Waals surface area (Å²) < 4.78 is 11.3. The van der Waals surface area contributed by atoms with Crippen LogP contribution in [0.3, 0.4) is 0 Å². The highest BCUT2D eigenvalue weighted by Gasteiger charge is 2.14. The van der Waals surface area contributed by atoms with Gasteiger partial charge in [-0.15, -0.1) is 0 Å². The van der Waals surface area contributed by atoms with E-state index >= 15 is 0 Å². The molecule has 0 fully saturated rings. The van der Waals surface area contributed by atoms with Gasteiger partial charge in [0, 0.05) is 12.5 Å². The highest BCUT2D eigenvalue weighted by atomic mass is 16.5. The third-order valence-electron chi connectivity index (χ3n) is 5.94. The SMILES string of the molecule is CCN(CC)CCOc1ccc(C(CCc2ccc(OC)cc2)c2ccccc2)cc1. The zero-order valence-electron chi connectivity index (χ0n) is 19.1. The van der Waals surface area contributed by atoms with E-state index in [-0.39, 0.29) is 0 Å². The molecule has 3 rings (SSSR count). The Morgan fingerprint density at radius 2 is 1.35 bits per heavy atom. The number of ether oxygens (including phenoxy) is 2. The molecule has 0 bridgehead atoms. The van der Waals surface area contributed by atoms with Crippen molar-refractivity contribution in [3.8, 4) is 11.5 Å². The van der Waals surface area contributed by atoms with E-state index in [1.807, 2.05) is 12.1 Å². The summed E-state index contributed by atoms with van der Waals surface area (Å²) in [4.78, 5) is 2.37. The summed E-state index contributed by atoms with van der Waals surface area (Å²) in [5, 5.41) is 0. The third kappa shape index (κ3) is 6.86. The van der Waals surface area contributed by atoms with Gasteiger partial charge in [0.2, 0.25) is 0 Å². The molecule has 0 saturated heterocycles. The van der Waals surface area contributed by atoms with Crippen LogP contribution in [0.25, 0.3) is 0 Å². The minimum atomic E-state index is 0.355. The second kappa shape index (κ2) is 12.2. The van der Waals surface area contributed by atoms with Crippen molar-refractivity contribution in [1.82, 2.24) is 4.90 Å². The molecule has 0 spiro atoms. The van der Waals surface area contributed by atoms with Crippen LogP contribution >= 0.6 is 0 Å². The van der Waals surface area contributed by atoms with Gasteiger partial charge in [-0.3, -0.25) is 0 Å². The molecule has 1 atom stereocenters. The Morgan fingerprint density at radius 1 is 0.742 bits per heavy atom.